The third-order valence-corrected chi connectivity index (χ3v) is 4.22. The second-order valence-corrected chi connectivity index (χ2v) is 5.34. The molecule has 0 spiro atoms. The van der Waals surface area contributed by atoms with Crippen LogP contribution in [0.25, 0.3) is 0 Å². The van der Waals surface area contributed by atoms with Crippen LogP contribution in [0.4, 0.5) is 0 Å². The van der Waals surface area contributed by atoms with Gasteiger partial charge in [-0.15, -0.1) is 0 Å². The smallest absolute Gasteiger partial charge is 0.252 e. The molecule has 3 nitrogen and oxygen atoms in total. The van der Waals surface area contributed by atoms with Crippen LogP contribution in [0.1, 0.15) is 27.0 Å². The third kappa shape index (κ3) is 3.26. The van der Waals surface area contributed by atoms with Crippen LogP contribution in [0.3, 0.4) is 0 Å². The molecule has 0 atom stereocenters. The number of benzene rings is 2. The maximum Gasteiger partial charge on any atom is 0.252 e. The van der Waals surface area contributed by atoms with Gasteiger partial charge in [0.2, 0.25) is 0 Å². The van der Waals surface area contributed by atoms with Crippen molar-refractivity contribution in [3.8, 4) is 0 Å². The number of aliphatic hydroxyl groups is 1. The van der Waals surface area contributed by atoms with E-state index < -0.39 is 0 Å². The molecule has 0 saturated heterocycles. The summed E-state index contributed by atoms with van der Waals surface area (Å²) in [6.45, 7) is 2.32. The number of aliphatic hydroxyl groups excluding tert-OH is 1. The van der Waals surface area contributed by atoms with Gasteiger partial charge in [0.05, 0.1) is 12.2 Å². The molecule has 2 rings (SSSR count). The van der Waals surface area contributed by atoms with Crippen LogP contribution in [0.15, 0.2) is 46.9 Å². The number of nitrogens with one attached hydrogen (secondary N) is 1. The Bertz CT molecular complexity index is 626. The highest BCUT2D eigenvalue weighted by Gasteiger charge is 2.11. The summed E-state index contributed by atoms with van der Waals surface area (Å²) in [5.74, 6) is -0.131. The van der Waals surface area contributed by atoms with Crippen LogP contribution in [-0.4, -0.2) is 11.0 Å². The molecule has 4 heteroatoms. The van der Waals surface area contributed by atoms with Crippen molar-refractivity contribution in [2.45, 2.75) is 20.1 Å². The predicted octanol–water partition coefficient (Wildman–Crippen LogP) is 3.18. The zero-order valence-corrected chi connectivity index (χ0v) is 12.8. The van der Waals surface area contributed by atoms with Gasteiger partial charge in [0.1, 0.15) is 0 Å². The van der Waals surface area contributed by atoms with Gasteiger partial charge in [-0.1, -0.05) is 36.4 Å². The van der Waals surface area contributed by atoms with E-state index in [-0.39, 0.29) is 12.5 Å². The zero-order valence-electron chi connectivity index (χ0n) is 11.2. The SMILES string of the molecule is Cc1cccc(C(=O)NCc2ccccc2CO)c1Br. The lowest BCUT2D eigenvalue weighted by Crippen LogP contribution is -2.24. The minimum atomic E-state index is -0.131. The van der Waals surface area contributed by atoms with Crippen molar-refractivity contribution >= 4 is 21.8 Å². The minimum absolute atomic E-state index is 0.0276. The summed E-state index contributed by atoms with van der Waals surface area (Å²) in [5, 5.41) is 12.1. The molecular weight excluding hydrogens is 318 g/mol. The molecule has 0 aliphatic carbocycles. The third-order valence-electron chi connectivity index (χ3n) is 3.16. The zero-order chi connectivity index (χ0) is 14.5. The molecule has 0 bridgehead atoms. The number of carbonyl (C=O) groups excluding carboxylic acids is 1. The maximum atomic E-state index is 12.2. The lowest BCUT2D eigenvalue weighted by atomic mass is 10.1. The quantitative estimate of drug-likeness (QED) is 0.902. The van der Waals surface area contributed by atoms with Gasteiger partial charge in [0.25, 0.3) is 5.91 Å². The van der Waals surface area contributed by atoms with Gasteiger partial charge in [-0.2, -0.15) is 0 Å². The Hall–Kier alpha value is -1.65. The molecule has 0 aliphatic heterocycles. The Kier molecular flexibility index (Phi) is 4.93. The number of amides is 1. The summed E-state index contributed by atoms with van der Waals surface area (Å²) < 4.78 is 0.813. The lowest BCUT2D eigenvalue weighted by Gasteiger charge is -2.10. The normalized spacial score (nSPS) is 10.3. The van der Waals surface area contributed by atoms with Crippen LogP contribution in [-0.2, 0) is 13.2 Å². The number of carbonyl (C=O) groups is 1. The fourth-order valence-electron chi connectivity index (χ4n) is 1.98. The average molecular weight is 334 g/mol. The fourth-order valence-corrected chi connectivity index (χ4v) is 2.42. The standard InChI is InChI=1S/C16H16BrNO2/c1-11-5-4-8-14(15(11)17)16(20)18-9-12-6-2-3-7-13(12)10-19/h2-8,19H,9-10H2,1H3,(H,18,20). The number of hydrogen-bond donors (Lipinski definition) is 2. The molecule has 2 aromatic rings. The van der Waals surface area contributed by atoms with Gasteiger partial charge in [-0.05, 0) is 45.6 Å². The van der Waals surface area contributed by atoms with Gasteiger partial charge in [-0.25, -0.2) is 0 Å². The highest BCUT2D eigenvalue weighted by Crippen LogP contribution is 2.21. The average Bonchev–Trinajstić information content (AvgIpc) is 2.48. The van der Waals surface area contributed by atoms with Gasteiger partial charge in [0.15, 0.2) is 0 Å². The van der Waals surface area contributed by atoms with Gasteiger partial charge in [0, 0.05) is 11.0 Å². The first-order chi connectivity index (χ1) is 9.63. The molecule has 0 aliphatic rings. The van der Waals surface area contributed by atoms with E-state index in [1.165, 1.54) is 0 Å². The van der Waals surface area contributed by atoms with E-state index in [0.29, 0.717) is 12.1 Å². The predicted molar refractivity (Wildman–Crippen MR) is 82.4 cm³/mol. The van der Waals surface area contributed by atoms with Crippen molar-refractivity contribution in [3.63, 3.8) is 0 Å². The summed E-state index contributed by atoms with van der Waals surface area (Å²) >= 11 is 3.43. The van der Waals surface area contributed by atoms with Crippen LogP contribution in [0.5, 0.6) is 0 Å². The number of hydrogen-bond acceptors (Lipinski definition) is 2. The second kappa shape index (κ2) is 6.68. The Morgan fingerprint density at radius 3 is 2.55 bits per heavy atom. The largest absolute Gasteiger partial charge is 0.392 e. The summed E-state index contributed by atoms with van der Waals surface area (Å²) in [7, 11) is 0. The van der Waals surface area contributed by atoms with E-state index in [9.17, 15) is 9.90 Å². The molecule has 20 heavy (non-hydrogen) atoms. The first kappa shape index (κ1) is 14.8. The number of rotatable bonds is 4. The van der Waals surface area contributed by atoms with Gasteiger partial charge >= 0.3 is 0 Å². The highest BCUT2D eigenvalue weighted by molar-refractivity contribution is 9.10. The van der Waals surface area contributed by atoms with Crippen LogP contribution >= 0.6 is 15.9 Å². The topological polar surface area (TPSA) is 49.3 Å². The molecule has 104 valence electrons. The summed E-state index contributed by atoms with van der Waals surface area (Å²) in [5.41, 5.74) is 3.39. The van der Waals surface area contributed by atoms with Crippen molar-refractivity contribution in [1.29, 1.82) is 0 Å². The first-order valence-electron chi connectivity index (χ1n) is 6.34. The maximum absolute atomic E-state index is 12.2. The summed E-state index contributed by atoms with van der Waals surface area (Å²) in [6, 6.07) is 13.1. The Morgan fingerprint density at radius 2 is 1.85 bits per heavy atom. The molecule has 0 heterocycles. The molecule has 1 amide bonds. The highest BCUT2D eigenvalue weighted by atomic mass is 79.9. The van der Waals surface area contributed by atoms with Crippen LogP contribution < -0.4 is 5.32 Å². The first-order valence-corrected chi connectivity index (χ1v) is 7.13. The minimum Gasteiger partial charge on any atom is -0.392 e. The van der Waals surface area contributed by atoms with Crippen molar-refractivity contribution in [2.75, 3.05) is 0 Å². The monoisotopic (exact) mass is 333 g/mol. The van der Waals surface area contributed by atoms with Crippen LogP contribution in [0.2, 0.25) is 0 Å². The molecule has 0 radical (unpaired) electrons. The summed E-state index contributed by atoms with van der Waals surface area (Å²) in [4.78, 5) is 12.2. The molecule has 2 aromatic carbocycles. The second-order valence-electron chi connectivity index (χ2n) is 4.55. The Balaban J connectivity index is 2.11. The van der Waals surface area contributed by atoms with Crippen molar-refractivity contribution < 1.29 is 9.90 Å². The number of aryl methyl sites for hydroxylation is 1. The van der Waals surface area contributed by atoms with E-state index >= 15 is 0 Å². The van der Waals surface area contributed by atoms with E-state index in [0.717, 1.165) is 21.2 Å². The van der Waals surface area contributed by atoms with E-state index in [1.807, 2.05) is 43.3 Å². The molecule has 0 aromatic heterocycles. The van der Waals surface area contributed by atoms with Gasteiger partial charge < -0.3 is 10.4 Å². The van der Waals surface area contributed by atoms with E-state index in [2.05, 4.69) is 21.2 Å². The Morgan fingerprint density at radius 1 is 1.15 bits per heavy atom. The van der Waals surface area contributed by atoms with E-state index in [1.54, 1.807) is 6.07 Å². The molecule has 2 N–H and O–H groups in total. The van der Waals surface area contributed by atoms with Crippen molar-refractivity contribution in [3.05, 3.63) is 69.2 Å². The number of halogens is 1. The Labute approximate surface area is 126 Å². The molecule has 0 saturated carbocycles. The lowest BCUT2D eigenvalue weighted by molar-refractivity contribution is 0.0949. The van der Waals surface area contributed by atoms with Crippen molar-refractivity contribution in [1.82, 2.24) is 5.32 Å². The molecule has 0 fully saturated rings. The van der Waals surface area contributed by atoms with Gasteiger partial charge in [-0.3, -0.25) is 4.79 Å². The van der Waals surface area contributed by atoms with E-state index in [4.69, 9.17) is 0 Å². The van der Waals surface area contributed by atoms with Crippen LogP contribution in [0, 0.1) is 6.92 Å². The molecular formula is C16H16BrNO2. The summed E-state index contributed by atoms with van der Waals surface area (Å²) in [6.07, 6.45) is 0. The molecule has 0 unspecified atom stereocenters. The van der Waals surface area contributed by atoms with Crippen molar-refractivity contribution in [2.24, 2.45) is 0 Å². The fraction of sp³-hybridized carbons (Fsp3) is 0.188.